The molecule has 0 aliphatic heterocycles. The molecule has 0 atom stereocenters. The summed E-state index contributed by atoms with van der Waals surface area (Å²) in [5.41, 5.74) is 0. The van der Waals surface area contributed by atoms with Crippen LogP contribution in [0.3, 0.4) is 0 Å². The van der Waals surface area contributed by atoms with Gasteiger partial charge in [-0.3, -0.25) is 0 Å². The zero-order valence-electron chi connectivity index (χ0n) is 9.64. The molecule has 0 spiro atoms. The van der Waals surface area contributed by atoms with Gasteiger partial charge in [0, 0.05) is 6.42 Å². The Morgan fingerprint density at radius 3 is 1.85 bits per heavy atom. The van der Waals surface area contributed by atoms with E-state index in [1.165, 1.54) is 25.7 Å². The van der Waals surface area contributed by atoms with Crippen molar-refractivity contribution >= 4 is 0 Å². The van der Waals surface area contributed by atoms with Crippen molar-refractivity contribution < 1.29 is 0 Å². The van der Waals surface area contributed by atoms with E-state index in [9.17, 15) is 0 Å². The molecule has 0 aromatic rings. The minimum Gasteiger partial charge on any atom is -0.312 e. The van der Waals surface area contributed by atoms with E-state index in [1.807, 2.05) is 26.0 Å². The minimum atomic E-state index is 0.740. The number of hydrogen-bond donors (Lipinski definition) is 0. The minimum absolute atomic E-state index is 0.740. The highest BCUT2D eigenvalue weighted by molar-refractivity contribution is 4.67. The Kier molecular flexibility index (Phi) is 16.1. The summed E-state index contributed by atoms with van der Waals surface area (Å²) in [5, 5.41) is 8.17. The molecule has 0 radical (unpaired) electrons. The second-order valence-electron chi connectivity index (χ2n) is 3.66. The maximum atomic E-state index is 8.17. The molecule has 0 saturated heterocycles. The van der Waals surface area contributed by atoms with E-state index >= 15 is 0 Å². The fourth-order valence-corrected chi connectivity index (χ4v) is 0.808. The standard InChI is InChI=1S/C8H15N.C3H9N/c1-2-3-4-5-6-7-8-9;1-4(2)3/h2-7H2,1H3;1-3H3. The van der Waals surface area contributed by atoms with Gasteiger partial charge in [0.25, 0.3) is 0 Å². The Balaban J connectivity index is 0. The third-order valence-electron chi connectivity index (χ3n) is 1.39. The van der Waals surface area contributed by atoms with Crippen LogP contribution in [0.2, 0.25) is 0 Å². The molecule has 0 saturated carbocycles. The Morgan fingerprint density at radius 1 is 1.00 bits per heavy atom. The van der Waals surface area contributed by atoms with Crippen LogP contribution in [0.4, 0.5) is 0 Å². The van der Waals surface area contributed by atoms with Crippen LogP contribution >= 0.6 is 0 Å². The summed E-state index contributed by atoms with van der Waals surface area (Å²) in [4.78, 5) is 2.00. The molecule has 0 bridgehead atoms. The molecule has 78 valence electrons. The van der Waals surface area contributed by atoms with Gasteiger partial charge in [-0.1, -0.05) is 32.6 Å². The smallest absolute Gasteiger partial charge is 0.0621 e. The zero-order chi connectivity index (χ0) is 10.5. The third kappa shape index (κ3) is 34.4. The first-order valence-electron chi connectivity index (χ1n) is 5.13. The second kappa shape index (κ2) is 14.0. The van der Waals surface area contributed by atoms with Gasteiger partial charge in [0.2, 0.25) is 0 Å². The van der Waals surface area contributed by atoms with E-state index in [4.69, 9.17) is 5.26 Å². The van der Waals surface area contributed by atoms with E-state index in [0.29, 0.717) is 0 Å². The van der Waals surface area contributed by atoms with E-state index in [0.717, 1.165) is 12.8 Å². The van der Waals surface area contributed by atoms with Crippen LogP contribution in [-0.4, -0.2) is 26.0 Å². The van der Waals surface area contributed by atoms with Gasteiger partial charge in [-0.2, -0.15) is 5.26 Å². The van der Waals surface area contributed by atoms with Gasteiger partial charge >= 0.3 is 0 Å². The predicted octanol–water partition coefficient (Wildman–Crippen LogP) is 3.05. The van der Waals surface area contributed by atoms with Gasteiger partial charge in [0.05, 0.1) is 6.07 Å². The molecule has 0 unspecified atom stereocenters. The summed E-state index contributed by atoms with van der Waals surface area (Å²) in [6.07, 6.45) is 6.98. The van der Waals surface area contributed by atoms with E-state index < -0.39 is 0 Å². The molecule has 0 aromatic carbocycles. The van der Waals surface area contributed by atoms with Crippen LogP contribution in [0.1, 0.15) is 45.4 Å². The van der Waals surface area contributed by atoms with Gasteiger partial charge in [0.15, 0.2) is 0 Å². The predicted molar refractivity (Wildman–Crippen MR) is 58.6 cm³/mol. The van der Waals surface area contributed by atoms with Crippen molar-refractivity contribution in [3.63, 3.8) is 0 Å². The molecule has 0 amide bonds. The molecule has 0 aliphatic rings. The second-order valence-corrected chi connectivity index (χ2v) is 3.66. The lowest BCUT2D eigenvalue weighted by Crippen LogP contribution is -1.99. The number of unbranched alkanes of at least 4 members (excludes halogenated alkanes) is 5. The van der Waals surface area contributed by atoms with Crippen LogP contribution in [0.15, 0.2) is 0 Å². The van der Waals surface area contributed by atoms with Crippen molar-refractivity contribution in [2.45, 2.75) is 45.4 Å². The lowest BCUT2D eigenvalue weighted by molar-refractivity contribution is 0.505. The van der Waals surface area contributed by atoms with E-state index in [1.54, 1.807) is 0 Å². The summed E-state index contributed by atoms with van der Waals surface area (Å²) in [6, 6.07) is 2.14. The maximum Gasteiger partial charge on any atom is 0.0621 e. The lowest BCUT2D eigenvalue weighted by Gasteiger charge is -1.92. The third-order valence-corrected chi connectivity index (χ3v) is 1.39. The molecule has 0 aromatic heterocycles. The molecule has 2 nitrogen and oxygen atoms in total. The Morgan fingerprint density at radius 2 is 1.46 bits per heavy atom. The van der Waals surface area contributed by atoms with Crippen molar-refractivity contribution in [1.82, 2.24) is 4.90 Å². The normalized spacial score (nSPS) is 8.92. The fourth-order valence-electron chi connectivity index (χ4n) is 0.808. The van der Waals surface area contributed by atoms with Gasteiger partial charge in [-0.05, 0) is 27.6 Å². The summed E-state index contributed by atoms with van der Waals surface area (Å²) < 4.78 is 0. The molecule has 0 heterocycles. The highest BCUT2D eigenvalue weighted by Gasteiger charge is 1.85. The molecule has 2 heteroatoms. The topological polar surface area (TPSA) is 27.0 Å². The van der Waals surface area contributed by atoms with Crippen LogP contribution < -0.4 is 0 Å². The lowest BCUT2D eigenvalue weighted by atomic mass is 10.1. The molecule has 0 aliphatic carbocycles. The molecular formula is C11H24N2. The SMILES string of the molecule is CCCCCCCC#N.CN(C)C. The van der Waals surface area contributed by atoms with Crippen molar-refractivity contribution in [3.8, 4) is 6.07 Å². The Labute approximate surface area is 83.5 Å². The Hall–Kier alpha value is -0.550. The quantitative estimate of drug-likeness (QED) is 0.614. The maximum absolute atomic E-state index is 8.17. The first-order chi connectivity index (χ1) is 6.15. The highest BCUT2D eigenvalue weighted by Crippen LogP contribution is 2.03. The van der Waals surface area contributed by atoms with Crippen molar-refractivity contribution in [2.75, 3.05) is 21.1 Å². The first kappa shape index (κ1) is 14.9. The monoisotopic (exact) mass is 184 g/mol. The van der Waals surface area contributed by atoms with Gasteiger partial charge in [0.1, 0.15) is 0 Å². The van der Waals surface area contributed by atoms with Crippen LogP contribution in [0.5, 0.6) is 0 Å². The average molecular weight is 184 g/mol. The molecule has 0 rings (SSSR count). The average Bonchev–Trinajstić information content (AvgIpc) is 2.03. The molecular weight excluding hydrogens is 160 g/mol. The molecule has 0 N–H and O–H groups in total. The van der Waals surface area contributed by atoms with Gasteiger partial charge in [-0.15, -0.1) is 0 Å². The fraction of sp³-hybridized carbons (Fsp3) is 0.909. The summed E-state index contributed by atoms with van der Waals surface area (Å²) in [6.45, 7) is 2.20. The summed E-state index contributed by atoms with van der Waals surface area (Å²) in [5.74, 6) is 0. The van der Waals surface area contributed by atoms with Crippen molar-refractivity contribution in [2.24, 2.45) is 0 Å². The summed E-state index contributed by atoms with van der Waals surface area (Å²) in [7, 11) is 6.00. The van der Waals surface area contributed by atoms with Crippen LogP contribution in [0, 0.1) is 11.3 Å². The Bertz CT molecular complexity index is 111. The first-order valence-corrected chi connectivity index (χ1v) is 5.13. The largest absolute Gasteiger partial charge is 0.312 e. The number of rotatable bonds is 5. The van der Waals surface area contributed by atoms with Crippen molar-refractivity contribution in [1.29, 1.82) is 5.26 Å². The van der Waals surface area contributed by atoms with Gasteiger partial charge < -0.3 is 4.90 Å². The summed E-state index contributed by atoms with van der Waals surface area (Å²) >= 11 is 0. The molecule has 0 fully saturated rings. The van der Waals surface area contributed by atoms with Crippen molar-refractivity contribution in [3.05, 3.63) is 0 Å². The molecule has 13 heavy (non-hydrogen) atoms. The number of nitrogens with zero attached hydrogens (tertiary/aromatic N) is 2. The van der Waals surface area contributed by atoms with E-state index in [-0.39, 0.29) is 0 Å². The zero-order valence-corrected chi connectivity index (χ0v) is 9.64. The van der Waals surface area contributed by atoms with Crippen LogP contribution in [-0.2, 0) is 0 Å². The number of hydrogen-bond acceptors (Lipinski definition) is 2. The highest BCUT2D eigenvalue weighted by atomic mass is 15.0. The van der Waals surface area contributed by atoms with Crippen LogP contribution in [0.25, 0.3) is 0 Å². The van der Waals surface area contributed by atoms with Gasteiger partial charge in [-0.25, -0.2) is 0 Å². The number of nitriles is 1. The van der Waals surface area contributed by atoms with E-state index in [2.05, 4.69) is 13.0 Å².